The molecule has 78 valence electrons. The van der Waals surface area contributed by atoms with Gasteiger partial charge in [-0.1, -0.05) is 11.6 Å². The third kappa shape index (κ3) is 1.21. The Labute approximate surface area is 92.0 Å². The van der Waals surface area contributed by atoms with Crippen LogP contribution < -0.4 is 10.6 Å². The zero-order chi connectivity index (χ0) is 10.5. The number of amides is 1. The minimum Gasteiger partial charge on any atom is -0.369 e. The predicted octanol–water partition coefficient (Wildman–Crippen LogP) is 0.918. The third-order valence-corrected chi connectivity index (χ3v) is 3.35. The number of nitrogens with zero attached hydrogens (tertiary/aromatic N) is 1. The van der Waals surface area contributed by atoms with E-state index >= 15 is 0 Å². The van der Waals surface area contributed by atoms with Crippen LogP contribution in [0.4, 0.5) is 5.82 Å². The molecule has 1 fully saturated rings. The molecule has 0 bridgehead atoms. The van der Waals surface area contributed by atoms with Crippen molar-refractivity contribution in [1.82, 2.24) is 10.3 Å². The molecule has 0 aliphatic carbocycles. The van der Waals surface area contributed by atoms with Crippen molar-refractivity contribution >= 4 is 23.3 Å². The molecule has 15 heavy (non-hydrogen) atoms. The number of rotatable bonds is 0. The zero-order valence-electron chi connectivity index (χ0n) is 8.01. The number of hydrogen-bond acceptors (Lipinski definition) is 3. The van der Waals surface area contributed by atoms with E-state index < -0.39 is 0 Å². The van der Waals surface area contributed by atoms with Crippen molar-refractivity contribution in [2.45, 2.75) is 11.8 Å². The molecule has 1 atom stereocenters. The minimum absolute atomic E-state index is 0.102. The zero-order valence-corrected chi connectivity index (χ0v) is 8.77. The van der Waals surface area contributed by atoms with E-state index in [4.69, 9.17) is 11.6 Å². The molecule has 4 nitrogen and oxygen atoms in total. The Hall–Kier alpha value is -1.29. The van der Waals surface area contributed by atoms with Crippen molar-refractivity contribution in [3.8, 4) is 0 Å². The molecule has 1 aromatic rings. The molecule has 1 amide bonds. The van der Waals surface area contributed by atoms with Gasteiger partial charge in [0, 0.05) is 36.7 Å². The summed E-state index contributed by atoms with van der Waals surface area (Å²) in [7, 11) is 0. The van der Waals surface area contributed by atoms with Gasteiger partial charge in [0.1, 0.15) is 5.82 Å². The van der Waals surface area contributed by atoms with E-state index in [1.807, 2.05) is 6.07 Å². The van der Waals surface area contributed by atoms with Gasteiger partial charge in [0.15, 0.2) is 0 Å². The van der Waals surface area contributed by atoms with Gasteiger partial charge in [-0.2, -0.15) is 0 Å². The maximum absolute atomic E-state index is 11.3. The van der Waals surface area contributed by atoms with Gasteiger partial charge in [-0.25, -0.2) is 4.98 Å². The number of nitrogens with one attached hydrogen (secondary N) is 2. The molecule has 0 aromatic carbocycles. The summed E-state index contributed by atoms with van der Waals surface area (Å²) in [6.07, 6.45) is 2.14. The van der Waals surface area contributed by atoms with Crippen LogP contribution in [0.2, 0.25) is 5.02 Å². The molecular weight excluding hydrogens is 214 g/mol. The van der Waals surface area contributed by atoms with Gasteiger partial charge >= 0.3 is 0 Å². The first-order valence-electron chi connectivity index (χ1n) is 4.86. The largest absolute Gasteiger partial charge is 0.369 e. The van der Waals surface area contributed by atoms with Gasteiger partial charge in [0.05, 0.1) is 5.02 Å². The molecule has 1 aromatic heterocycles. The standard InChI is InChI=1S/C10H10ClN3O/c11-6-1-7-9(12-3-6)14-5-10(7)2-8(15)13-4-10/h1,3H,2,4-5H2,(H,12,14)(H,13,15). The first-order chi connectivity index (χ1) is 7.20. The maximum atomic E-state index is 11.3. The Kier molecular flexibility index (Phi) is 1.71. The van der Waals surface area contributed by atoms with Crippen LogP contribution in [0, 0.1) is 0 Å². The second-order valence-corrected chi connectivity index (χ2v) is 4.57. The average Bonchev–Trinajstić information content (AvgIpc) is 2.74. The van der Waals surface area contributed by atoms with Gasteiger partial charge < -0.3 is 10.6 Å². The number of pyridine rings is 1. The summed E-state index contributed by atoms with van der Waals surface area (Å²) < 4.78 is 0. The van der Waals surface area contributed by atoms with E-state index in [2.05, 4.69) is 15.6 Å². The highest BCUT2D eigenvalue weighted by Gasteiger charge is 2.45. The number of hydrogen-bond donors (Lipinski definition) is 2. The first kappa shape index (κ1) is 8.97. The molecule has 0 saturated carbocycles. The lowest BCUT2D eigenvalue weighted by Gasteiger charge is -2.19. The van der Waals surface area contributed by atoms with Crippen molar-refractivity contribution in [3.05, 3.63) is 22.8 Å². The Balaban J connectivity index is 2.10. The Morgan fingerprint density at radius 2 is 2.20 bits per heavy atom. The molecule has 1 unspecified atom stereocenters. The topological polar surface area (TPSA) is 54.0 Å². The molecule has 2 aliphatic heterocycles. The van der Waals surface area contributed by atoms with Crippen LogP contribution in [-0.2, 0) is 10.2 Å². The summed E-state index contributed by atoms with van der Waals surface area (Å²) >= 11 is 5.93. The Bertz CT molecular complexity index is 448. The van der Waals surface area contributed by atoms with Crippen molar-refractivity contribution < 1.29 is 4.79 Å². The highest BCUT2D eigenvalue weighted by molar-refractivity contribution is 6.30. The number of carbonyl (C=O) groups excluding carboxylic acids is 1. The van der Waals surface area contributed by atoms with Crippen LogP contribution in [0.15, 0.2) is 12.3 Å². The predicted molar refractivity (Wildman–Crippen MR) is 57.0 cm³/mol. The van der Waals surface area contributed by atoms with Crippen molar-refractivity contribution in [2.24, 2.45) is 0 Å². The third-order valence-electron chi connectivity index (χ3n) is 3.14. The summed E-state index contributed by atoms with van der Waals surface area (Å²) in [5.41, 5.74) is 0.929. The van der Waals surface area contributed by atoms with Crippen LogP contribution in [0.1, 0.15) is 12.0 Å². The van der Waals surface area contributed by atoms with Crippen molar-refractivity contribution in [1.29, 1.82) is 0 Å². The molecule has 3 heterocycles. The maximum Gasteiger partial charge on any atom is 0.221 e. The van der Waals surface area contributed by atoms with Gasteiger partial charge in [0.25, 0.3) is 0 Å². The first-order valence-corrected chi connectivity index (χ1v) is 5.24. The van der Waals surface area contributed by atoms with E-state index in [1.54, 1.807) is 6.20 Å². The number of anilines is 1. The van der Waals surface area contributed by atoms with Crippen LogP contribution in [0.3, 0.4) is 0 Å². The van der Waals surface area contributed by atoms with Crippen LogP contribution in [-0.4, -0.2) is 24.0 Å². The van der Waals surface area contributed by atoms with E-state index in [0.29, 0.717) is 18.0 Å². The summed E-state index contributed by atoms with van der Waals surface area (Å²) in [6.45, 7) is 1.43. The lowest BCUT2D eigenvalue weighted by molar-refractivity contribution is -0.119. The highest BCUT2D eigenvalue weighted by Crippen LogP contribution is 2.40. The quantitative estimate of drug-likeness (QED) is 0.688. The van der Waals surface area contributed by atoms with Gasteiger partial charge in [-0.15, -0.1) is 0 Å². The second-order valence-electron chi connectivity index (χ2n) is 4.14. The average molecular weight is 224 g/mol. The van der Waals surface area contributed by atoms with Crippen LogP contribution >= 0.6 is 11.6 Å². The lowest BCUT2D eigenvalue weighted by Crippen LogP contribution is -2.30. The summed E-state index contributed by atoms with van der Waals surface area (Å²) in [4.78, 5) is 15.5. The highest BCUT2D eigenvalue weighted by atomic mass is 35.5. The number of fused-ring (bicyclic) bond motifs is 2. The molecule has 3 rings (SSSR count). The Morgan fingerprint density at radius 3 is 2.93 bits per heavy atom. The fraction of sp³-hybridized carbons (Fsp3) is 0.400. The molecule has 1 saturated heterocycles. The fourth-order valence-corrected chi connectivity index (χ4v) is 2.51. The lowest BCUT2D eigenvalue weighted by atomic mass is 9.82. The number of aromatic nitrogens is 1. The molecule has 2 aliphatic rings. The van der Waals surface area contributed by atoms with Crippen LogP contribution in [0.5, 0.6) is 0 Å². The van der Waals surface area contributed by atoms with E-state index in [1.165, 1.54) is 0 Å². The van der Waals surface area contributed by atoms with Gasteiger partial charge in [0.2, 0.25) is 5.91 Å². The van der Waals surface area contributed by atoms with E-state index in [-0.39, 0.29) is 11.3 Å². The van der Waals surface area contributed by atoms with Gasteiger partial charge in [-0.3, -0.25) is 4.79 Å². The number of halogens is 1. The van der Waals surface area contributed by atoms with Crippen molar-refractivity contribution in [2.75, 3.05) is 18.4 Å². The van der Waals surface area contributed by atoms with E-state index in [9.17, 15) is 4.79 Å². The summed E-state index contributed by atoms with van der Waals surface area (Å²) in [5.74, 6) is 0.959. The number of carbonyl (C=O) groups is 1. The summed E-state index contributed by atoms with van der Waals surface area (Å²) in [6, 6.07) is 1.91. The molecule has 2 N–H and O–H groups in total. The minimum atomic E-state index is -0.135. The second kappa shape index (κ2) is 2.85. The molecule has 5 heteroatoms. The smallest absolute Gasteiger partial charge is 0.221 e. The van der Waals surface area contributed by atoms with Gasteiger partial charge in [-0.05, 0) is 6.07 Å². The van der Waals surface area contributed by atoms with E-state index in [0.717, 1.165) is 17.9 Å². The molecule has 0 radical (unpaired) electrons. The fourth-order valence-electron chi connectivity index (χ4n) is 2.35. The molecule has 1 spiro atoms. The summed E-state index contributed by atoms with van der Waals surface area (Å²) in [5, 5.41) is 6.70. The molecular formula is C10H10ClN3O. The van der Waals surface area contributed by atoms with Crippen LogP contribution in [0.25, 0.3) is 0 Å². The monoisotopic (exact) mass is 223 g/mol. The SMILES string of the molecule is O=C1CC2(CN1)CNc1ncc(Cl)cc12. The Morgan fingerprint density at radius 1 is 1.40 bits per heavy atom. The van der Waals surface area contributed by atoms with Crippen molar-refractivity contribution in [3.63, 3.8) is 0 Å². The normalized spacial score (nSPS) is 27.7.